The van der Waals surface area contributed by atoms with Crippen LogP contribution in [0, 0.1) is 22.2 Å². The van der Waals surface area contributed by atoms with Crippen molar-refractivity contribution in [3.05, 3.63) is 88.6 Å². The number of nitrogens with one attached hydrogen (secondary N) is 1. The molecule has 0 aliphatic heterocycles. The number of benzene rings is 3. The number of hydrogen-bond acceptors (Lipinski definition) is 2. The number of aryl methyl sites for hydroxylation is 1. The molecule has 8 rings (SSSR count). The minimum absolute atomic E-state index is 0. The van der Waals surface area contributed by atoms with E-state index in [2.05, 4.69) is 56.4 Å². The standard InChI is InChI=1S/C39H43ClN2O3.Na.H/c1-4-5-7-25-10-12-28(13-11-25)29-14-15-31-32(17-29)42(21-26-8-6-9-30(40)16-26)34(35(43)44)33(31)41-36(45)39-20-27-18-37(2,23-39)22-38(3,19-27)24-39;;/h6,8-17,27H,4-5,7,18-24H2,1-3H3,(H,41,45)(H,43,44);;. The van der Waals surface area contributed by atoms with E-state index < -0.39 is 11.4 Å². The molecule has 1 heterocycles. The maximum absolute atomic E-state index is 14.4. The number of carbonyl (C=O) groups is 2. The fraction of sp³-hybridized carbons (Fsp3) is 0.436. The molecule has 2 unspecified atom stereocenters. The Labute approximate surface area is 299 Å². The van der Waals surface area contributed by atoms with E-state index in [9.17, 15) is 14.7 Å². The number of rotatable bonds is 9. The molecular weight excluding hydrogens is 603 g/mol. The number of fused-ring (bicyclic) bond motifs is 1. The summed E-state index contributed by atoms with van der Waals surface area (Å²) >= 11 is 6.35. The molecule has 4 bridgehead atoms. The summed E-state index contributed by atoms with van der Waals surface area (Å²) in [4.78, 5) is 27.5. The summed E-state index contributed by atoms with van der Waals surface area (Å²) in [6, 6.07) is 22.3. The van der Waals surface area contributed by atoms with Crippen LogP contribution >= 0.6 is 11.6 Å². The molecule has 4 fully saturated rings. The first-order valence-corrected chi connectivity index (χ1v) is 16.9. The molecule has 0 radical (unpaired) electrons. The molecule has 7 heteroatoms. The van der Waals surface area contributed by atoms with E-state index in [1.54, 1.807) is 0 Å². The molecule has 46 heavy (non-hydrogen) atoms. The first-order valence-electron chi connectivity index (χ1n) is 16.5. The van der Waals surface area contributed by atoms with E-state index in [1.807, 2.05) is 41.0 Å². The third-order valence-corrected chi connectivity index (χ3v) is 11.2. The van der Waals surface area contributed by atoms with Gasteiger partial charge in [-0.05, 0) is 109 Å². The number of unbranched alkanes of at least 4 members (excludes halogenated alkanes) is 1. The molecule has 1 aromatic heterocycles. The van der Waals surface area contributed by atoms with Crippen LogP contribution in [0.15, 0.2) is 66.7 Å². The first-order chi connectivity index (χ1) is 21.5. The fourth-order valence-corrected chi connectivity index (χ4v) is 10.3. The van der Waals surface area contributed by atoms with Gasteiger partial charge in [0.25, 0.3) is 0 Å². The zero-order valence-electron chi connectivity index (χ0n) is 26.6. The van der Waals surface area contributed by atoms with Gasteiger partial charge < -0.3 is 15.0 Å². The zero-order valence-corrected chi connectivity index (χ0v) is 27.3. The van der Waals surface area contributed by atoms with Gasteiger partial charge in [0.05, 0.1) is 16.6 Å². The van der Waals surface area contributed by atoms with Crippen LogP contribution in [0.4, 0.5) is 5.69 Å². The molecule has 2 atom stereocenters. The Morgan fingerprint density at radius 2 is 1.61 bits per heavy atom. The molecule has 1 amide bonds. The van der Waals surface area contributed by atoms with Gasteiger partial charge in [0.2, 0.25) is 5.91 Å². The monoisotopic (exact) mass is 646 g/mol. The van der Waals surface area contributed by atoms with Crippen molar-refractivity contribution >= 4 is 69.6 Å². The summed E-state index contributed by atoms with van der Waals surface area (Å²) in [5, 5.41) is 15.3. The van der Waals surface area contributed by atoms with Crippen molar-refractivity contribution in [3.63, 3.8) is 0 Å². The van der Waals surface area contributed by atoms with Crippen LogP contribution in [0.5, 0.6) is 0 Å². The minimum atomic E-state index is -1.06. The number of carboxylic acid groups (broad SMARTS) is 1. The number of carbonyl (C=O) groups excluding carboxylic acids is 1. The van der Waals surface area contributed by atoms with E-state index in [-0.39, 0.29) is 52.0 Å². The number of nitrogens with zero attached hydrogens (tertiary/aromatic N) is 1. The van der Waals surface area contributed by atoms with Gasteiger partial charge in [-0.1, -0.05) is 87.3 Å². The molecule has 4 aliphatic rings. The van der Waals surface area contributed by atoms with Crippen LogP contribution in [0.1, 0.15) is 93.8 Å². The summed E-state index contributed by atoms with van der Waals surface area (Å²) in [7, 11) is 0. The molecule has 0 saturated heterocycles. The van der Waals surface area contributed by atoms with Gasteiger partial charge in [-0.25, -0.2) is 4.79 Å². The molecule has 2 N–H and O–H groups in total. The molecule has 0 spiro atoms. The molecule has 5 nitrogen and oxygen atoms in total. The van der Waals surface area contributed by atoms with E-state index in [4.69, 9.17) is 11.6 Å². The Bertz CT molecular complexity index is 1790. The summed E-state index contributed by atoms with van der Waals surface area (Å²) in [5.74, 6) is -0.518. The summed E-state index contributed by atoms with van der Waals surface area (Å²) in [6.07, 6.45) is 9.59. The van der Waals surface area contributed by atoms with Gasteiger partial charge in [-0.2, -0.15) is 0 Å². The van der Waals surface area contributed by atoms with Crippen molar-refractivity contribution < 1.29 is 14.7 Å². The number of anilines is 1. The predicted molar refractivity (Wildman–Crippen MR) is 189 cm³/mol. The third kappa shape index (κ3) is 6.09. The van der Waals surface area contributed by atoms with Crippen LogP contribution in [0.2, 0.25) is 5.02 Å². The molecule has 3 aromatic carbocycles. The molecule has 4 saturated carbocycles. The van der Waals surface area contributed by atoms with E-state index in [1.165, 1.54) is 24.8 Å². The van der Waals surface area contributed by atoms with Crippen LogP contribution in [0.3, 0.4) is 0 Å². The van der Waals surface area contributed by atoms with Crippen molar-refractivity contribution in [3.8, 4) is 11.1 Å². The van der Waals surface area contributed by atoms with E-state index in [0.717, 1.165) is 66.1 Å². The van der Waals surface area contributed by atoms with Crippen molar-refractivity contribution in [2.75, 3.05) is 5.32 Å². The summed E-state index contributed by atoms with van der Waals surface area (Å²) < 4.78 is 1.83. The van der Waals surface area contributed by atoms with E-state index in [0.29, 0.717) is 23.2 Å². The molecule has 236 valence electrons. The van der Waals surface area contributed by atoms with Gasteiger partial charge in [0.15, 0.2) is 5.69 Å². The zero-order chi connectivity index (χ0) is 31.6. The van der Waals surface area contributed by atoms with Crippen LogP contribution in [0.25, 0.3) is 22.0 Å². The average molecular weight is 647 g/mol. The van der Waals surface area contributed by atoms with Gasteiger partial charge in [0, 0.05) is 17.0 Å². The van der Waals surface area contributed by atoms with Crippen LogP contribution in [-0.2, 0) is 17.8 Å². The average Bonchev–Trinajstić information content (AvgIpc) is 3.26. The number of carboxylic acids is 1. The van der Waals surface area contributed by atoms with Crippen LogP contribution < -0.4 is 5.32 Å². The maximum atomic E-state index is 14.4. The number of hydrogen-bond donors (Lipinski definition) is 2. The summed E-state index contributed by atoms with van der Waals surface area (Å²) in [5.41, 5.74) is 5.45. The number of halogens is 1. The Balaban J connectivity index is 0.00000372. The predicted octanol–water partition coefficient (Wildman–Crippen LogP) is 9.34. The number of amides is 1. The first kappa shape index (κ1) is 33.3. The third-order valence-electron chi connectivity index (χ3n) is 10.9. The topological polar surface area (TPSA) is 71.3 Å². The Hall–Kier alpha value is -2.57. The quantitative estimate of drug-likeness (QED) is 0.178. The van der Waals surface area contributed by atoms with Gasteiger partial charge in [-0.15, -0.1) is 0 Å². The van der Waals surface area contributed by atoms with Gasteiger partial charge >= 0.3 is 35.5 Å². The number of aromatic nitrogens is 1. The van der Waals surface area contributed by atoms with E-state index >= 15 is 0 Å². The second-order valence-electron chi connectivity index (χ2n) is 15.1. The summed E-state index contributed by atoms with van der Waals surface area (Å²) in [6.45, 7) is 7.23. The van der Waals surface area contributed by atoms with Crippen LogP contribution in [-0.4, -0.2) is 51.1 Å². The second kappa shape index (κ2) is 12.5. The van der Waals surface area contributed by atoms with Crippen molar-refractivity contribution in [1.82, 2.24) is 4.57 Å². The normalized spacial score (nSPS) is 26.2. The number of aromatic carboxylic acids is 1. The molecular formula is C39H44ClN2NaO3. The van der Waals surface area contributed by atoms with Crippen molar-refractivity contribution in [2.24, 2.45) is 22.2 Å². The van der Waals surface area contributed by atoms with Crippen molar-refractivity contribution in [2.45, 2.75) is 85.1 Å². The SMILES string of the molecule is CCCCc1ccc(-c2ccc3c(NC(=O)C45CC6CC(C)(CC(C)(C6)C4)C5)c(C(=O)O)n(Cc4cccc(Cl)c4)c3c2)cc1.[NaH]. The van der Waals surface area contributed by atoms with Crippen molar-refractivity contribution in [1.29, 1.82) is 0 Å². The Kier molecular flexibility index (Phi) is 9.03. The molecule has 4 aromatic rings. The van der Waals surface area contributed by atoms with Gasteiger partial charge in [0.1, 0.15) is 0 Å². The second-order valence-corrected chi connectivity index (χ2v) is 15.6. The fourth-order valence-electron chi connectivity index (χ4n) is 10.1. The van der Waals surface area contributed by atoms with Gasteiger partial charge in [-0.3, -0.25) is 4.79 Å². The Morgan fingerprint density at radius 1 is 0.913 bits per heavy atom. The Morgan fingerprint density at radius 3 is 2.24 bits per heavy atom. The molecule has 4 aliphatic carbocycles.